The van der Waals surface area contributed by atoms with E-state index in [2.05, 4.69) is 20.8 Å². The lowest BCUT2D eigenvalue weighted by Crippen LogP contribution is -2.24. The van der Waals surface area contributed by atoms with Crippen molar-refractivity contribution in [2.24, 2.45) is 0 Å². The van der Waals surface area contributed by atoms with Crippen molar-refractivity contribution in [3.8, 4) is 11.4 Å². The van der Waals surface area contributed by atoms with Crippen molar-refractivity contribution in [1.29, 1.82) is 0 Å². The van der Waals surface area contributed by atoms with Crippen LogP contribution in [0, 0.1) is 13.8 Å². The van der Waals surface area contributed by atoms with Crippen LogP contribution >= 0.6 is 23.4 Å². The Morgan fingerprint density at radius 1 is 1.03 bits per heavy atom. The number of methoxy groups -OCH3 is 1. The molecule has 0 aliphatic heterocycles. The average molecular weight is 536 g/mol. The standard InChI is InChI=1S/C27H26ClN5O3S/c1-17-8-9-18(2)22(14-17)30-25(34)16-37-27-32-31-24(33(27)23-7-5-4-6-21(23)28)15-29-26(35)19-10-12-20(36-3)13-11-19/h4-14H,15-16H2,1-3H3,(H,29,35)(H,30,34). The molecular formula is C27H26ClN5O3S. The van der Waals surface area contributed by atoms with E-state index in [1.165, 1.54) is 11.8 Å². The van der Waals surface area contributed by atoms with Gasteiger partial charge < -0.3 is 15.4 Å². The molecule has 2 N–H and O–H groups in total. The van der Waals surface area contributed by atoms with Crippen LogP contribution in [0.5, 0.6) is 5.75 Å². The first-order valence-corrected chi connectivity index (χ1v) is 12.8. The number of nitrogens with one attached hydrogen (secondary N) is 2. The highest BCUT2D eigenvalue weighted by atomic mass is 35.5. The maximum Gasteiger partial charge on any atom is 0.251 e. The lowest BCUT2D eigenvalue weighted by atomic mass is 10.1. The van der Waals surface area contributed by atoms with Gasteiger partial charge in [-0.05, 0) is 67.4 Å². The van der Waals surface area contributed by atoms with Gasteiger partial charge in [-0.25, -0.2) is 0 Å². The number of carbonyl (C=O) groups excluding carboxylic acids is 2. The summed E-state index contributed by atoms with van der Waals surface area (Å²) in [4.78, 5) is 25.4. The predicted octanol–water partition coefficient (Wildman–Crippen LogP) is 5.21. The van der Waals surface area contributed by atoms with Crippen LogP contribution in [0.25, 0.3) is 5.69 Å². The molecule has 0 radical (unpaired) electrons. The zero-order valence-electron chi connectivity index (χ0n) is 20.6. The number of aromatic nitrogens is 3. The number of aryl methyl sites for hydroxylation is 2. The first-order valence-electron chi connectivity index (χ1n) is 11.5. The molecule has 0 bridgehead atoms. The third-order valence-electron chi connectivity index (χ3n) is 5.55. The minimum absolute atomic E-state index is 0.109. The second kappa shape index (κ2) is 11.9. The minimum Gasteiger partial charge on any atom is -0.497 e. The van der Waals surface area contributed by atoms with E-state index in [1.807, 2.05) is 50.2 Å². The maximum atomic E-state index is 12.7. The largest absolute Gasteiger partial charge is 0.497 e. The lowest BCUT2D eigenvalue weighted by molar-refractivity contribution is -0.113. The Morgan fingerprint density at radius 2 is 1.78 bits per heavy atom. The predicted molar refractivity (Wildman–Crippen MR) is 146 cm³/mol. The Morgan fingerprint density at radius 3 is 2.51 bits per heavy atom. The van der Waals surface area contributed by atoms with Gasteiger partial charge in [0.15, 0.2) is 11.0 Å². The molecule has 0 fully saturated rings. The number of thioether (sulfide) groups is 1. The van der Waals surface area contributed by atoms with E-state index < -0.39 is 0 Å². The molecule has 37 heavy (non-hydrogen) atoms. The van der Waals surface area contributed by atoms with Crippen molar-refractivity contribution in [3.05, 3.63) is 94.3 Å². The van der Waals surface area contributed by atoms with Crippen molar-refractivity contribution in [2.75, 3.05) is 18.2 Å². The van der Waals surface area contributed by atoms with Gasteiger partial charge in [0.25, 0.3) is 5.91 Å². The molecule has 10 heteroatoms. The third-order valence-corrected chi connectivity index (χ3v) is 6.80. The molecule has 0 unspecified atom stereocenters. The van der Waals surface area contributed by atoms with E-state index in [0.29, 0.717) is 33.0 Å². The van der Waals surface area contributed by atoms with Gasteiger partial charge in [-0.1, -0.05) is 47.6 Å². The molecule has 1 heterocycles. The molecule has 0 atom stereocenters. The van der Waals surface area contributed by atoms with Crippen LogP contribution in [0.4, 0.5) is 5.69 Å². The van der Waals surface area contributed by atoms with E-state index in [0.717, 1.165) is 16.8 Å². The average Bonchev–Trinajstić information content (AvgIpc) is 3.31. The SMILES string of the molecule is COc1ccc(C(=O)NCc2nnc(SCC(=O)Nc3cc(C)ccc3C)n2-c2ccccc2Cl)cc1. The van der Waals surface area contributed by atoms with Crippen LogP contribution in [-0.2, 0) is 11.3 Å². The molecule has 4 rings (SSSR count). The van der Waals surface area contributed by atoms with Gasteiger partial charge in [-0.15, -0.1) is 10.2 Å². The molecule has 2 amide bonds. The van der Waals surface area contributed by atoms with Crippen LogP contribution in [0.15, 0.2) is 71.9 Å². The summed E-state index contributed by atoms with van der Waals surface area (Å²) in [5, 5.41) is 15.4. The molecule has 190 valence electrons. The number of hydrogen-bond donors (Lipinski definition) is 2. The summed E-state index contributed by atoms with van der Waals surface area (Å²) in [6.45, 7) is 4.03. The molecule has 4 aromatic rings. The molecular weight excluding hydrogens is 510 g/mol. The van der Waals surface area contributed by atoms with E-state index in [4.69, 9.17) is 16.3 Å². The molecule has 3 aromatic carbocycles. The summed E-state index contributed by atoms with van der Waals surface area (Å²) in [6.07, 6.45) is 0. The Hall–Kier alpha value is -3.82. The summed E-state index contributed by atoms with van der Waals surface area (Å²) in [5.41, 5.74) is 3.97. The monoisotopic (exact) mass is 535 g/mol. The van der Waals surface area contributed by atoms with Gasteiger partial charge in [-0.2, -0.15) is 0 Å². The number of amides is 2. The molecule has 0 aliphatic rings. The van der Waals surface area contributed by atoms with Crippen LogP contribution < -0.4 is 15.4 Å². The van der Waals surface area contributed by atoms with Gasteiger partial charge in [0.1, 0.15) is 5.75 Å². The number of para-hydroxylation sites is 1. The van der Waals surface area contributed by atoms with Crippen molar-refractivity contribution in [3.63, 3.8) is 0 Å². The summed E-state index contributed by atoms with van der Waals surface area (Å²) >= 11 is 7.72. The van der Waals surface area contributed by atoms with Crippen LogP contribution in [0.2, 0.25) is 5.02 Å². The highest BCUT2D eigenvalue weighted by molar-refractivity contribution is 7.99. The quantitative estimate of drug-likeness (QED) is 0.286. The number of halogens is 1. The summed E-state index contributed by atoms with van der Waals surface area (Å²) in [5.74, 6) is 0.833. The van der Waals surface area contributed by atoms with Crippen LogP contribution in [-0.4, -0.2) is 39.4 Å². The number of carbonyl (C=O) groups is 2. The van der Waals surface area contributed by atoms with Crippen LogP contribution in [0.1, 0.15) is 27.3 Å². The third kappa shape index (κ3) is 6.49. The zero-order chi connectivity index (χ0) is 26.4. The molecule has 0 saturated carbocycles. The van der Waals surface area contributed by atoms with E-state index in [9.17, 15) is 9.59 Å². The van der Waals surface area contributed by atoms with Gasteiger partial charge >= 0.3 is 0 Å². The molecule has 0 spiro atoms. The summed E-state index contributed by atoms with van der Waals surface area (Å²) in [7, 11) is 1.57. The number of ether oxygens (including phenoxy) is 1. The van der Waals surface area contributed by atoms with Gasteiger partial charge in [0.05, 0.1) is 30.1 Å². The summed E-state index contributed by atoms with van der Waals surface area (Å²) in [6, 6.07) is 20.0. The Kier molecular flexibility index (Phi) is 8.47. The second-order valence-corrected chi connectivity index (χ2v) is 9.60. The van der Waals surface area contributed by atoms with E-state index >= 15 is 0 Å². The highest BCUT2D eigenvalue weighted by Crippen LogP contribution is 2.27. The van der Waals surface area contributed by atoms with Crippen molar-refractivity contribution < 1.29 is 14.3 Å². The number of nitrogens with zero attached hydrogens (tertiary/aromatic N) is 3. The van der Waals surface area contributed by atoms with Gasteiger partial charge in [-0.3, -0.25) is 14.2 Å². The fourth-order valence-electron chi connectivity index (χ4n) is 3.57. The minimum atomic E-state index is -0.265. The number of hydrogen-bond acceptors (Lipinski definition) is 6. The number of rotatable bonds is 9. The maximum absolute atomic E-state index is 12.7. The topological polar surface area (TPSA) is 98.1 Å². The van der Waals surface area contributed by atoms with Crippen molar-refractivity contribution in [1.82, 2.24) is 20.1 Å². The number of anilines is 1. The molecule has 8 nitrogen and oxygen atoms in total. The lowest BCUT2D eigenvalue weighted by Gasteiger charge is -2.13. The summed E-state index contributed by atoms with van der Waals surface area (Å²) < 4.78 is 6.90. The van der Waals surface area contributed by atoms with E-state index in [-0.39, 0.29) is 24.1 Å². The molecule has 1 aromatic heterocycles. The fourth-order valence-corrected chi connectivity index (χ4v) is 4.56. The zero-order valence-corrected chi connectivity index (χ0v) is 22.2. The first-order chi connectivity index (χ1) is 17.9. The smallest absolute Gasteiger partial charge is 0.251 e. The Balaban J connectivity index is 1.51. The van der Waals surface area contributed by atoms with Crippen molar-refractivity contribution in [2.45, 2.75) is 25.5 Å². The van der Waals surface area contributed by atoms with Crippen molar-refractivity contribution >= 4 is 40.9 Å². The molecule has 0 aliphatic carbocycles. The van der Waals surface area contributed by atoms with Crippen LogP contribution in [0.3, 0.4) is 0 Å². The van der Waals surface area contributed by atoms with Gasteiger partial charge in [0.2, 0.25) is 5.91 Å². The normalized spacial score (nSPS) is 10.7. The Labute approximate surface area is 224 Å². The number of benzene rings is 3. The van der Waals surface area contributed by atoms with Gasteiger partial charge in [0, 0.05) is 11.3 Å². The Bertz CT molecular complexity index is 1420. The second-order valence-electron chi connectivity index (χ2n) is 8.25. The fraction of sp³-hybridized carbons (Fsp3) is 0.185. The highest BCUT2D eigenvalue weighted by Gasteiger charge is 2.19. The van der Waals surface area contributed by atoms with E-state index in [1.54, 1.807) is 42.0 Å². The first kappa shape index (κ1) is 26.2. The molecule has 0 saturated heterocycles.